The van der Waals surface area contributed by atoms with Gasteiger partial charge in [-0.25, -0.2) is 0 Å². The Morgan fingerprint density at radius 1 is 1.33 bits per heavy atom. The van der Waals surface area contributed by atoms with Crippen LogP contribution in [0.5, 0.6) is 0 Å². The van der Waals surface area contributed by atoms with Crippen LogP contribution in [0.1, 0.15) is 13.8 Å². The SMILES string of the molecule is CCOP(OCC)SS. The Kier molecular flexibility index (Phi) is 8.00. The van der Waals surface area contributed by atoms with Gasteiger partial charge < -0.3 is 9.05 Å². The molecule has 0 saturated carbocycles. The molecular formula is C4H11O2PS2. The number of hydrogen-bond donors (Lipinski definition) is 1. The average molecular weight is 186 g/mol. The molecule has 56 valence electrons. The normalized spacial score (nSPS) is 10.7. The Balaban J connectivity index is 3.18. The smallest absolute Gasteiger partial charge is 0.249 e. The van der Waals surface area contributed by atoms with E-state index in [2.05, 4.69) is 11.7 Å². The summed E-state index contributed by atoms with van der Waals surface area (Å²) in [5, 5.41) is 0. The van der Waals surface area contributed by atoms with Gasteiger partial charge in [0.05, 0.1) is 13.2 Å². The first-order chi connectivity index (χ1) is 4.35. The van der Waals surface area contributed by atoms with Crippen LogP contribution < -0.4 is 0 Å². The van der Waals surface area contributed by atoms with Crippen LogP contribution >= 0.6 is 29.7 Å². The predicted octanol–water partition coefficient (Wildman–Crippen LogP) is 2.86. The maximum atomic E-state index is 5.16. The molecule has 0 aromatic rings. The molecule has 0 aromatic carbocycles. The Hall–Kier alpha value is 1.05. The monoisotopic (exact) mass is 186 g/mol. The summed E-state index contributed by atoms with van der Waals surface area (Å²) in [4.78, 5) is 0. The molecule has 2 nitrogen and oxygen atoms in total. The molecule has 0 atom stereocenters. The van der Waals surface area contributed by atoms with Gasteiger partial charge >= 0.3 is 0 Å². The molecule has 0 aliphatic carbocycles. The van der Waals surface area contributed by atoms with E-state index in [0.29, 0.717) is 13.2 Å². The van der Waals surface area contributed by atoms with E-state index in [1.165, 1.54) is 10.4 Å². The van der Waals surface area contributed by atoms with Crippen LogP contribution in [0.4, 0.5) is 0 Å². The summed E-state index contributed by atoms with van der Waals surface area (Å²) in [5.41, 5.74) is 0. The fourth-order valence-corrected chi connectivity index (χ4v) is 2.65. The zero-order chi connectivity index (χ0) is 7.11. The lowest BCUT2D eigenvalue weighted by atomic mass is 10.9. The van der Waals surface area contributed by atoms with Crippen LogP contribution in [0, 0.1) is 0 Å². The molecule has 0 rings (SSSR count). The third-order valence-electron chi connectivity index (χ3n) is 0.536. The highest BCUT2D eigenvalue weighted by Gasteiger charge is 2.05. The van der Waals surface area contributed by atoms with Crippen molar-refractivity contribution in [3.63, 3.8) is 0 Å². The van der Waals surface area contributed by atoms with Crippen LogP contribution in [-0.4, -0.2) is 13.2 Å². The quantitative estimate of drug-likeness (QED) is 0.404. The molecule has 0 saturated heterocycles. The van der Waals surface area contributed by atoms with Crippen molar-refractivity contribution in [1.29, 1.82) is 0 Å². The maximum absolute atomic E-state index is 5.16. The van der Waals surface area contributed by atoms with Gasteiger partial charge in [0, 0.05) is 0 Å². The van der Waals surface area contributed by atoms with Gasteiger partial charge in [-0.15, -0.1) is 11.7 Å². The van der Waals surface area contributed by atoms with E-state index in [-0.39, 0.29) is 0 Å². The highest BCUT2D eigenvalue weighted by Crippen LogP contribution is 2.53. The van der Waals surface area contributed by atoms with Gasteiger partial charge in [0.1, 0.15) is 0 Å². The molecule has 0 aromatic heterocycles. The van der Waals surface area contributed by atoms with Gasteiger partial charge in [0.2, 0.25) is 7.58 Å². The first-order valence-corrected chi connectivity index (χ1v) is 6.37. The zero-order valence-electron chi connectivity index (χ0n) is 5.53. The Morgan fingerprint density at radius 2 is 1.78 bits per heavy atom. The van der Waals surface area contributed by atoms with Crippen molar-refractivity contribution in [1.82, 2.24) is 0 Å². The highest BCUT2D eigenvalue weighted by atomic mass is 33.3. The maximum Gasteiger partial charge on any atom is 0.249 e. The highest BCUT2D eigenvalue weighted by molar-refractivity contribution is 8.92. The van der Waals surface area contributed by atoms with Crippen molar-refractivity contribution in [3.8, 4) is 0 Å². The van der Waals surface area contributed by atoms with Crippen molar-refractivity contribution in [3.05, 3.63) is 0 Å². The minimum absolute atomic E-state index is 0.694. The van der Waals surface area contributed by atoms with Gasteiger partial charge in [-0.3, -0.25) is 0 Å². The molecule has 0 N–H and O–H groups in total. The van der Waals surface area contributed by atoms with E-state index in [9.17, 15) is 0 Å². The minimum atomic E-state index is -0.778. The fraction of sp³-hybridized carbons (Fsp3) is 1.00. The van der Waals surface area contributed by atoms with Crippen LogP contribution in [0.3, 0.4) is 0 Å². The van der Waals surface area contributed by atoms with Crippen molar-refractivity contribution >= 4 is 29.7 Å². The topological polar surface area (TPSA) is 18.5 Å². The summed E-state index contributed by atoms with van der Waals surface area (Å²) in [7, 11) is 0.556. The van der Waals surface area contributed by atoms with E-state index < -0.39 is 7.58 Å². The van der Waals surface area contributed by atoms with Crippen molar-refractivity contribution in [2.24, 2.45) is 0 Å². The Morgan fingerprint density at radius 3 is 2.00 bits per heavy atom. The standard InChI is InChI=1S/C4H11O2PS2/c1-3-5-7(9-8)6-4-2/h8H,3-4H2,1-2H3. The van der Waals surface area contributed by atoms with Crippen LogP contribution in [-0.2, 0) is 9.05 Å². The van der Waals surface area contributed by atoms with Crippen molar-refractivity contribution in [2.75, 3.05) is 13.2 Å². The van der Waals surface area contributed by atoms with E-state index in [4.69, 9.17) is 9.05 Å². The third kappa shape index (κ3) is 5.49. The number of hydrogen-bond acceptors (Lipinski definition) is 4. The van der Waals surface area contributed by atoms with E-state index in [1.807, 2.05) is 13.8 Å². The molecule has 0 fully saturated rings. The molecule has 0 radical (unpaired) electrons. The van der Waals surface area contributed by atoms with Gasteiger partial charge in [-0.2, -0.15) is 0 Å². The molecule has 0 aliphatic heterocycles. The fourth-order valence-electron chi connectivity index (χ4n) is 0.295. The summed E-state index contributed by atoms with van der Waals surface area (Å²) in [6.45, 7) is 5.27. The largest absolute Gasteiger partial charge is 0.326 e. The summed E-state index contributed by atoms with van der Waals surface area (Å²) in [5.74, 6) is 0. The number of thiol groups is 1. The Bertz CT molecular complexity index is 58.5. The zero-order valence-corrected chi connectivity index (χ0v) is 8.14. The van der Waals surface area contributed by atoms with Gasteiger partial charge in [-0.05, 0) is 24.3 Å². The van der Waals surface area contributed by atoms with E-state index in [1.54, 1.807) is 0 Å². The summed E-state index contributed by atoms with van der Waals surface area (Å²) in [6, 6.07) is 0. The molecule has 0 unspecified atom stereocenters. The summed E-state index contributed by atoms with van der Waals surface area (Å²) >= 11 is 3.98. The molecule has 0 aliphatic rings. The van der Waals surface area contributed by atoms with E-state index >= 15 is 0 Å². The van der Waals surface area contributed by atoms with Crippen LogP contribution in [0.2, 0.25) is 0 Å². The van der Waals surface area contributed by atoms with Gasteiger partial charge in [0.25, 0.3) is 0 Å². The second kappa shape index (κ2) is 7.16. The van der Waals surface area contributed by atoms with Crippen LogP contribution in [0.25, 0.3) is 0 Å². The predicted molar refractivity (Wildman–Crippen MR) is 46.7 cm³/mol. The first-order valence-electron chi connectivity index (χ1n) is 2.72. The lowest BCUT2D eigenvalue weighted by Gasteiger charge is -2.09. The van der Waals surface area contributed by atoms with Crippen LogP contribution in [0.15, 0.2) is 0 Å². The summed E-state index contributed by atoms with van der Waals surface area (Å²) in [6.07, 6.45) is 0. The summed E-state index contributed by atoms with van der Waals surface area (Å²) < 4.78 is 10.3. The molecule has 0 spiro atoms. The average Bonchev–Trinajstić information content (AvgIpc) is 1.88. The van der Waals surface area contributed by atoms with Crippen molar-refractivity contribution < 1.29 is 9.05 Å². The third-order valence-corrected chi connectivity index (χ3v) is 3.84. The van der Waals surface area contributed by atoms with Gasteiger partial charge in [-0.1, -0.05) is 0 Å². The van der Waals surface area contributed by atoms with E-state index in [0.717, 1.165) is 0 Å². The van der Waals surface area contributed by atoms with Crippen molar-refractivity contribution in [2.45, 2.75) is 13.8 Å². The molecule has 0 heterocycles. The lowest BCUT2D eigenvalue weighted by molar-refractivity contribution is 0.283. The molecular weight excluding hydrogens is 175 g/mol. The second-order valence-electron chi connectivity index (χ2n) is 1.14. The molecule has 0 bridgehead atoms. The molecule has 9 heavy (non-hydrogen) atoms. The lowest BCUT2D eigenvalue weighted by Crippen LogP contribution is -1.84. The molecule has 5 heteroatoms. The second-order valence-corrected chi connectivity index (χ2v) is 5.12. The Labute approximate surface area is 66.2 Å². The first kappa shape index (κ1) is 10.0. The minimum Gasteiger partial charge on any atom is -0.326 e. The molecule has 0 amide bonds. The van der Waals surface area contributed by atoms with Gasteiger partial charge in [0.15, 0.2) is 0 Å². The number of rotatable bonds is 5.